The molecule has 0 aromatic carbocycles. The van der Waals surface area contributed by atoms with E-state index in [2.05, 4.69) is 6.92 Å². The number of unbranched alkanes of at least 4 members (excludes halogenated alkanes) is 3. The summed E-state index contributed by atoms with van der Waals surface area (Å²) in [7, 11) is -4.19. The summed E-state index contributed by atoms with van der Waals surface area (Å²) in [5.74, 6) is 0. The fourth-order valence-electron chi connectivity index (χ4n) is 1.52. The van der Waals surface area contributed by atoms with Crippen LogP contribution in [0.5, 0.6) is 0 Å². The molecule has 1 N–H and O–H groups in total. The molecule has 0 rings (SSSR count). The Morgan fingerprint density at radius 1 is 1.12 bits per heavy atom. The van der Waals surface area contributed by atoms with Crippen LogP contribution in [0.2, 0.25) is 0 Å². The summed E-state index contributed by atoms with van der Waals surface area (Å²) >= 11 is 0. The number of rotatable bonds is 9. The number of hydrogen-bond acceptors (Lipinski definition) is 4. The molecule has 98 valence electrons. The first-order valence-corrected chi connectivity index (χ1v) is 7.47. The van der Waals surface area contributed by atoms with E-state index in [1.807, 2.05) is 0 Å². The number of aliphatic hydroxyl groups excluding tert-OH is 1. The van der Waals surface area contributed by atoms with Crippen molar-refractivity contribution in [2.45, 2.75) is 70.1 Å². The maximum atomic E-state index is 10.6. The van der Waals surface area contributed by atoms with Crippen LogP contribution in [0.15, 0.2) is 0 Å². The quantitative estimate of drug-likeness (QED) is 0.337. The van der Waals surface area contributed by atoms with E-state index in [-0.39, 0.29) is 57.8 Å². The first-order valence-electron chi connectivity index (χ1n) is 6.00. The van der Waals surface area contributed by atoms with E-state index >= 15 is 0 Å². The minimum atomic E-state index is -4.19. The third-order valence-corrected chi connectivity index (χ3v) is 4.01. The largest absolute Gasteiger partial charge is 1.00 e. The Morgan fingerprint density at radius 3 is 2.18 bits per heavy atom. The molecule has 4 nitrogen and oxygen atoms in total. The van der Waals surface area contributed by atoms with E-state index in [0.29, 0.717) is 12.8 Å². The first kappa shape index (κ1) is 20.8. The van der Waals surface area contributed by atoms with Gasteiger partial charge in [0.2, 0.25) is 0 Å². The predicted molar refractivity (Wildman–Crippen MR) is 63.2 cm³/mol. The van der Waals surface area contributed by atoms with Gasteiger partial charge in [-0.15, -0.1) is 0 Å². The molecule has 0 aliphatic rings. The van der Waals surface area contributed by atoms with E-state index in [0.717, 1.165) is 25.7 Å². The Bertz CT molecular complexity index is 267. The second kappa shape index (κ2) is 11.3. The topological polar surface area (TPSA) is 77.4 Å². The monoisotopic (exact) mass is 290 g/mol. The molecule has 6 heteroatoms. The zero-order chi connectivity index (χ0) is 12.6. The summed E-state index contributed by atoms with van der Waals surface area (Å²) in [6.07, 6.45) is 5.26. The van der Waals surface area contributed by atoms with Crippen molar-refractivity contribution in [3.05, 3.63) is 0 Å². The van der Waals surface area contributed by atoms with Crippen molar-refractivity contribution in [2.24, 2.45) is 0 Å². The average molecular weight is 290 g/mol. The van der Waals surface area contributed by atoms with Gasteiger partial charge in [0.1, 0.15) is 0 Å². The van der Waals surface area contributed by atoms with Gasteiger partial charge in [0.15, 0.2) is 0 Å². The van der Waals surface area contributed by atoms with E-state index in [1.165, 1.54) is 6.92 Å². The Balaban J connectivity index is 0. The van der Waals surface area contributed by atoms with Crippen molar-refractivity contribution in [3.8, 4) is 0 Å². The molecule has 0 bridgehead atoms. The van der Waals surface area contributed by atoms with Crippen LogP contribution < -0.4 is 51.4 Å². The van der Waals surface area contributed by atoms with Crippen molar-refractivity contribution in [1.29, 1.82) is 0 Å². The molecule has 0 fully saturated rings. The first-order chi connectivity index (χ1) is 7.38. The minimum absolute atomic E-state index is 0. The van der Waals surface area contributed by atoms with Crippen molar-refractivity contribution in [2.75, 3.05) is 0 Å². The van der Waals surface area contributed by atoms with Crippen LogP contribution in [0.3, 0.4) is 0 Å². The standard InChI is InChI=1S/C11H24O4S.K/c1-3-4-5-6-7-11(12)9-8-10(2)16(13,14)15;/h10-12H,3-9H2,1-2H3,(H,13,14,15);/q;+1/p-1. The summed E-state index contributed by atoms with van der Waals surface area (Å²) in [4.78, 5) is 0. The SMILES string of the molecule is CCCCCCC(O)CCC(C)S(=O)(=O)[O-].[K+]. The Labute approximate surface area is 148 Å². The molecule has 0 aromatic heterocycles. The van der Waals surface area contributed by atoms with Crippen LogP contribution >= 0.6 is 0 Å². The molecular formula is C11H23KO4S. The third kappa shape index (κ3) is 12.3. The fourth-order valence-corrected chi connectivity index (χ4v) is 1.95. The summed E-state index contributed by atoms with van der Waals surface area (Å²) in [6.45, 7) is 3.52. The molecule has 0 spiro atoms. The van der Waals surface area contributed by atoms with Crippen LogP contribution in [0.25, 0.3) is 0 Å². The Kier molecular flexibility index (Phi) is 13.9. The van der Waals surface area contributed by atoms with Crippen molar-refractivity contribution >= 4 is 10.1 Å². The summed E-state index contributed by atoms with van der Waals surface area (Å²) in [5.41, 5.74) is 0. The predicted octanol–water partition coefficient (Wildman–Crippen LogP) is -0.964. The van der Waals surface area contributed by atoms with Gasteiger partial charge >= 0.3 is 51.4 Å². The smallest absolute Gasteiger partial charge is 0.748 e. The van der Waals surface area contributed by atoms with E-state index in [1.54, 1.807) is 0 Å². The summed E-state index contributed by atoms with van der Waals surface area (Å²) in [6, 6.07) is 0. The van der Waals surface area contributed by atoms with Crippen molar-refractivity contribution in [1.82, 2.24) is 0 Å². The molecule has 0 radical (unpaired) electrons. The van der Waals surface area contributed by atoms with Gasteiger partial charge in [-0.1, -0.05) is 32.6 Å². The van der Waals surface area contributed by atoms with Crippen molar-refractivity contribution < 1.29 is 69.5 Å². The van der Waals surface area contributed by atoms with Gasteiger partial charge in [-0.3, -0.25) is 0 Å². The minimum Gasteiger partial charge on any atom is -0.748 e. The molecule has 0 saturated carbocycles. The van der Waals surface area contributed by atoms with Gasteiger partial charge in [0, 0.05) is 5.25 Å². The second-order valence-corrected chi connectivity index (χ2v) is 6.17. The Morgan fingerprint density at radius 2 is 1.71 bits per heavy atom. The van der Waals surface area contributed by atoms with Gasteiger partial charge in [-0.05, 0) is 26.2 Å². The maximum Gasteiger partial charge on any atom is 1.00 e. The molecule has 0 amide bonds. The average Bonchev–Trinajstić information content (AvgIpc) is 2.19. The van der Waals surface area contributed by atoms with Crippen LogP contribution in [0, 0.1) is 0 Å². The van der Waals surface area contributed by atoms with Gasteiger partial charge in [-0.25, -0.2) is 8.42 Å². The molecule has 0 heterocycles. The van der Waals surface area contributed by atoms with E-state index in [4.69, 9.17) is 0 Å². The molecule has 0 aliphatic carbocycles. The van der Waals surface area contributed by atoms with Crippen LogP contribution in [-0.4, -0.2) is 29.4 Å². The zero-order valence-corrected chi connectivity index (χ0v) is 15.1. The van der Waals surface area contributed by atoms with Crippen LogP contribution in [0.4, 0.5) is 0 Å². The van der Waals surface area contributed by atoms with Gasteiger partial charge in [0.25, 0.3) is 0 Å². The maximum absolute atomic E-state index is 10.6. The van der Waals surface area contributed by atoms with Crippen LogP contribution in [-0.2, 0) is 10.1 Å². The number of aliphatic hydroxyl groups is 1. The molecular weight excluding hydrogens is 267 g/mol. The Hall–Kier alpha value is 1.51. The molecule has 2 unspecified atom stereocenters. The molecule has 2 atom stereocenters. The second-order valence-electron chi connectivity index (χ2n) is 4.38. The van der Waals surface area contributed by atoms with E-state index < -0.39 is 21.5 Å². The van der Waals surface area contributed by atoms with Crippen LogP contribution in [0.1, 0.15) is 58.8 Å². The number of hydrogen-bond donors (Lipinski definition) is 1. The van der Waals surface area contributed by atoms with Gasteiger partial charge in [-0.2, -0.15) is 0 Å². The molecule has 17 heavy (non-hydrogen) atoms. The normalized spacial score (nSPS) is 15.1. The fraction of sp³-hybridized carbons (Fsp3) is 1.00. The molecule has 0 saturated heterocycles. The zero-order valence-electron chi connectivity index (χ0n) is 11.2. The van der Waals surface area contributed by atoms with Gasteiger partial charge in [0.05, 0.1) is 16.2 Å². The molecule has 0 aromatic rings. The summed E-state index contributed by atoms with van der Waals surface area (Å²) in [5, 5.41) is 8.68. The summed E-state index contributed by atoms with van der Waals surface area (Å²) < 4.78 is 31.8. The van der Waals surface area contributed by atoms with Crippen molar-refractivity contribution in [3.63, 3.8) is 0 Å². The molecule has 0 aliphatic heterocycles. The third-order valence-electron chi connectivity index (χ3n) is 2.79. The van der Waals surface area contributed by atoms with Gasteiger partial charge < -0.3 is 9.66 Å². The van der Waals surface area contributed by atoms with E-state index in [9.17, 15) is 18.1 Å².